The van der Waals surface area contributed by atoms with E-state index in [0.29, 0.717) is 48.6 Å². The number of ether oxygens (including phenoxy) is 1. The number of hydrogen-bond acceptors (Lipinski definition) is 10. The number of fused-ring (bicyclic) bond motifs is 2. The normalized spacial score (nSPS) is 25.3. The number of rotatable bonds is 18. The summed E-state index contributed by atoms with van der Waals surface area (Å²) in [6.07, 6.45) is 1.10. The molecule has 2 bridgehead atoms. The molecule has 1 aliphatic heterocycles. The Morgan fingerprint density at radius 1 is 1.03 bits per heavy atom. The number of hydroxylamine groups is 2. The predicted molar refractivity (Wildman–Crippen MR) is 242 cm³/mol. The van der Waals surface area contributed by atoms with E-state index in [1.165, 1.54) is 6.42 Å². The molecule has 2 amide bonds. The van der Waals surface area contributed by atoms with Crippen molar-refractivity contribution in [3.8, 4) is 16.9 Å². The molecule has 61 heavy (non-hydrogen) atoms. The van der Waals surface area contributed by atoms with Crippen LogP contribution in [0.1, 0.15) is 62.0 Å². The number of para-hydroxylation sites is 1. The quantitative estimate of drug-likeness (QED) is 0.132. The molecular weight excluding hydrogens is 769 g/mol. The molecular formula is C49H70N6O6. The Bertz CT molecular complexity index is 2000. The summed E-state index contributed by atoms with van der Waals surface area (Å²) in [5, 5.41) is 29.8. The molecule has 3 aromatic carbocycles. The Hall–Kier alpha value is -4.46. The zero-order valence-electron chi connectivity index (χ0n) is 38.0. The smallest absolute Gasteiger partial charge is 0.251 e. The Labute approximate surface area is 363 Å². The van der Waals surface area contributed by atoms with Crippen molar-refractivity contribution in [2.75, 3.05) is 66.9 Å². The minimum Gasteiger partial charge on any atom is -0.496 e. The molecule has 4 N–H and O–H groups in total. The predicted octanol–water partition coefficient (Wildman–Crippen LogP) is 5.44. The lowest BCUT2D eigenvalue weighted by molar-refractivity contribution is -0.183. The Morgan fingerprint density at radius 3 is 2.36 bits per heavy atom. The monoisotopic (exact) mass is 839 g/mol. The van der Waals surface area contributed by atoms with Crippen molar-refractivity contribution >= 4 is 17.5 Å². The van der Waals surface area contributed by atoms with Crippen LogP contribution in [-0.4, -0.2) is 129 Å². The molecule has 4 aliphatic rings. The van der Waals surface area contributed by atoms with Crippen molar-refractivity contribution in [2.45, 2.75) is 83.8 Å². The number of likely N-dealkylation sites (N-methyl/N-ethyl adjacent to an activating group) is 3. The Kier molecular flexibility index (Phi) is 14.6. The highest BCUT2D eigenvalue weighted by molar-refractivity contribution is 5.97. The van der Waals surface area contributed by atoms with Crippen molar-refractivity contribution in [1.82, 2.24) is 25.5 Å². The Morgan fingerprint density at radius 2 is 1.75 bits per heavy atom. The third kappa shape index (κ3) is 10.1. The summed E-state index contributed by atoms with van der Waals surface area (Å²) in [6.45, 7) is 13.8. The number of methoxy groups -OCH3 is 1. The van der Waals surface area contributed by atoms with Crippen molar-refractivity contribution < 1.29 is 29.4 Å². The van der Waals surface area contributed by atoms with Gasteiger partial charge in [0, 0.05) is 73.8 Å². The topological polar surface area (TPSA) is 130 Å². The van der Waals surface area contributed by atoms with E-state index in [9.17, 15) is 19.8 Å². The molecule has 3 aromatic rings. The first-order chi connectivity index (χ1) is 28.9. The average molecular weight is 839 g/mol. The number of aliphatic hydroxyl groups is 2. The van der Waals surface area contributed by atoms with Crippen LogP contribution in [0.25, 0.3) is 11.1 Å². The highest BCUT2D eigenvalue weighted by Crippen LogP contribution is 2.61. The molecule has 1 saturated heterocycles. The number of carbonyl (C=O) groups excluding carboxylic acids is 2. The number of carbonyl (C=O) groups is 2. The van der Waals surface area contributed by atoms with E-state index in [1.807, 2.05) is 94.7 Å². The van der Waals surface area contributed by atoms with Crippen LogP contribution in [-0.2, 0) is 22.6 Å². The largest absolute Gasteiger partial charge is 0.496 e. The first-order valence-corrected chi connectivity index (χ1v) is 21.8. The summed E-state index contributed by atoms with van der Waals surface area (Å²) in [5.41, 5.74) is 5.93. The van der Waals surface area contributed by atoms with Gasteiger partial charge in [0.05, 0.1) is 32.9 Å². The van der Waals surface area contributed by atoms with Crippen molar-refractivity contribution in [3.63, 3.8) is 0 Å². The molecule has 12 nitrogen and oxygen atoms in total. The van der Waals surface area contributed by atoms with Crippen LogP contribution in [0, 0.1) is 29.1 Å². The van der Waals surface area contributed by atoms with Crippen LogP contribution in [0.3, 0.4) is 0 Å². The number of hydrogen-bond donors (Lipinski definition) is 4. The Balaban J connectivity index is 1.33. The molecule has 332 valence electrons. The van der Waals surface area contributed by atoms with E-state index in [2.05, 4.69) is 59.9 Å². The van der Waals surface area contributed by atoms with Crippen LogP contribution < -0.4 is 20.3 Å². The molecule has 0 unspecified atom stereocenters. The van der Waals surface area contributed by atoms with E-state index in [4.69, 9.17) is 9.57 Å². The molecule has 3 aliphatic carbocycles. The van der Waals surface area contributed by atoms with E-state index in [1.54, 1.807) is 19.1 Å². The second kappa shape index (κ2) is 19.3. The second-order valence-corrected chi connectivity index (χ2v) is 18.9. The molecule has 9 atom stereocenters. The average Bonchev–Trinajstić information content (AvgIpc) is 3.59. The first kappa shape index (κ1) is 46.1. The second-order valence-electron chi connectivity index (χ2n) is 18.9. The first-order valence-electron chi connectivity index (χ1n) is 21.8. The van der Waals surface area contributed by atoms with E-state index >= 15 is 0 Å². The summed E-state index contributed by atoms with van der Waals surface area (Å²) in [4.78, 5) is 41.2. The minimum absolute atomic E-state index is 0.0232. The molecule has 0 spiro atoms. The van der Waals surface area contributed by atoms with Crippen LogP contribution in [0.15, 0.2) is 79.0 Å². The van der Waals surface area contributed by atoms with E-state index < -0.39 is 24.2 Å². The fraction of sp³-hybridized carbons (Fsp3) is 0.551. The zero-order valence-corrected chi connectivity index (χ0v) is 38.0. The van der Waals surface area contributed by atoms with Crippen LogP contribution in [0.5, 0.6) is 5.75 Å². The van der Waals surface area contributed by atoms with Gasteiger partial charge >= 0.3 is 0 Å². The van der Waals surface area contributed by atoms with Crippen LogP contribution >= 0.6 is 0 Å². The fourth-order valence-corrected chi connectivity index (χ4v) is 10.2. The number of benzene rings is 3. The molecule has 4 fully saturated rings. The lowest BCUT2D eigenvalue weighted by atomic mass is 9.45. The van der Waals surface area contributed by atoms with Gasteiger partial charge in [0.2, 0.25) is 5.91 Å². The van der Waals surface area contributed by atoms with Gasteiger partial charge in [0.15, 0.2) is 0 Å². The lowest BCUT2D eigenvalue weighted by Crippen LogP contribution is -2.62. The summed E-state index contributed by atoms with van der Waals surface area (Å²) in [7, 11) is 11.5. The van der Waals surface area contributed by atoms with Crippen molar-refractivity contribution in [2.24, 2.45) is 29.1 Å². The molecule has 3 saturated carbocycles. The van der Waals surface area contributed by atoms with E-state index in [-0.39, 0.29) is 42.5 Å². The molecule has 0 aromatic heterocycles. The van der Waals surface area contributed by atoms with Crippen molar-refractivity contribution in [1.29, 1.82) is 0 Å². The van der Waals surface area contributed by atoms with E-state index in [0.717, 1.165) is 40.1 Å². The van der Waals surface area contributed by atoms with Gasteiger partial charge in [-0.1, -0.05) is 75.9 Å². The standard InChI is InChI=1S/C49H70N6O6/c1-30(53(8)9)26-54(10)39-22-35(21-36(23-39)47(58)50-38(28-52(6)7)20-33-16-13-12-14-17-33)40-19-15-18-34(46(40)60-11)27-55-45(44(32(3)57)43(29-56)61-55)48(59)51-42-25-37-24-41(31(42)2)49(37,4)5/h12-19,21-23,31-32,37-38,41-45,56-57H,1,20,24-29H2,2-11H3,(H,50,58)(H,51,59)/t31-,32-,37+,38-,41-,42-,43-,44+,45-/m0/s1. The van der Waals surface area contributed by atoms with Gasteiger partial charge in [-0.2, -0.15) is 5.06 Å². The molecule has 1 heterocycles. The lowest BCUT2D eigenvalue weighted by Gasteiger charge is -2.62. The van der Waals surface area contributed by atoms with Gasteiger partial charge in [-0.3, -0.25) is 14.4 Å². The maximum Gasteiger partial charge on any atom is 0.251 e. The van der Waals surface area contributed by atoms with Crippen LogP contribution in [0.2, 0.25) is 0 Å². The third-order valence-corrected chi connectivity index (χ3v) is 13.9. The number of amides is 2. The van der Waals surface area contributed by atoms with Gasteiger partial charge in [0.1, 0.15) is 17.9 Å². The summed E-state index contributed by atoms with van der Waals surface area (Å²) < 4.78 is 6.19. The van der Waals surface area contributed by atoms with Gasteiger partial charge in [-0.05, 0) is 92.8 Å². The summed E-state index contributed by atoms with van der Waals surface area (Å²) >= 11 is 0. The molecule has 0 radical (unpaired) electrons. The van der Waals surface area contributed by atoms with Gasteiger partial charge in [0.25, 0.3) is 5.91 Å². The summed E-state index contributed by atoms with van der Waals surface area (Å²) in [6, 6.07) is 20.9. The van der Waals surface area contributed by atoms with Gasteiger partial charge in [-0.25, -0.2) is 0 Å². The zero-order chi connectivity index (χ0) is 44.3. The van der Waals surface area contributed by atoms with Gasteiger partial charge < -0.3 is 40.3 Å². The van der Waals surface area contributed by atoms with Gasteiger partial charge in [-0.15, -0.1) is 0 Å². The maximum absolute atomic E-state index is 14.4. The third-order valence-electron chi connectivity index (χ3n) is 13.9. The minimum atomic E-state index is -0.917. The maximum atomic E-state index is 14.4. The SMILES string of the molecule is C=C(CN(C)c1cc(C(=O)N[C@@H](Cc2ccccc2)CN(C)C)cc(-c2cccc(CN3O[C@@H](CO)[C@@H]([C@H](C)O)[C@H]3C(=O)N[C@H]3C[C@H]4C[C@@H]([C@@H]3C)C4(C)C)c2OC)c1)N(C)C. The highest BCUT2D eigenvalue weighted by atomic mass is 16.7. The molecule has 12 heteroatoms. The van der Waals surface area contributed by atoms with Crippen LogP contribution in [0.4, 0.5) is 5.69 Å². The molecule has 7 rings (SSSR count). The fourth-order valence-electron chi connectivity index (χ4n) is 10.2. The number of nitrogens with zero attached hydrogens (tertiary/aromatic N) is 4. The number of nitrogens with one attached hydrogen (secondary N) is 2. The number of anilines is 1. The summed E-state index contributed by atoms with van der Waals surface area (Å²) in [5.74, 6) is 0.930. The van der Waals surface area contributed by atoms with Crippen molar-refractivity contribution in [3.05, 3.63) is 95.7 Å². The number of aliphatic hydroxyl groups excluding tert-OH is 2. The highest BCUT2D eigenvalue weighted by Gasteiger charge is 2.57.